The molecule has 0 saturated carbocycles. The molecule has 1 unspecified atom stereocenters. The van der Waals surface area contributed by atoms with Gasteiger partial charge in [-0.2, -0.15) is 0 Å². The maximum Gasteiger partial charge on any atom is 0.239 e. The van der Waals surface area contributed by atoms with Crippen LogP contribution in [0, 0.1) is 0 Å². The highest BCUT2D eigenvalue weighted by Gasteiger charge is 2.25. The van der Waals surface area contributed by atoms with Crippen molar-refractivity contribution in [1.82, 2.24) is 0 Å². The fourth-order valence-electron chi connectivity index (χ4n) is 2.08. The number of carbonyl (C=O) groups excluding carboxylic acids is 1. The van der Waals surface area contributed by atoms with E-state index in [0.717, 1.165) is 0 Å². The van der Waals surface area contributed by atoms with Crippen LogP contribution < -0.4 is 0 Å². The second-order valence-corrected chi connectivity index (χ2v) is 5.47. The van der Waals surface area contributed by atoms with Crippen LogP contribution in [0.25, 0.3) is 0 Å². The summed E-state index contributed by atoms with van der Waals surface area (Å²) in [6.07, 6.45) is -3.09. The van der Waals surface area contributed by atoms with Gasteiger partial charge in [-0.15, -0.1) is 0 Å². The molecule has 0 aromatic heterocycles. The molecular weight excluding hydrogens is 317 g/mol. The largest absolute Gasteiger partial charge is 0.293 e. The van der Waals surface area contributed by atoms with Gasteiger partial charge in [-0.25, -0.2) is 8.78 Å². The summed E-state index contributed by atoms with van der Waals surface area (Å²) in [5, 5.41) is 0.983. The topological polar surface area (TPSA) is 17.1 Å². The van der Waals surface area contributed by atoms with E-state index in [1.54, 1.807) is 48.5 Å². The lowest BCUT2D eigenvalue weighted by molar-refractivity contribution is 0.0861. The SMILES string of the molecule is O=C(c1ccc(Cl)cc1)C(CC(F)F)c1ccc(Cl)cc1. The highest BCUT2D eigenvalue weighted by molar-refractivity contribution is 6.31. The van der Waals surface area contributed by atoms with Gasteiger partial charge < -0.3 is 0 Å². The van der Waals surface area contributed by atoms with E-state index in [0.29, 0.717) is 21.2 Å². The first kappa shape index (κ1) is 15.9. The molecule has 0 aliphatic heterocycles. The molecule has 0 N–H and O–H groups in total. The van der Waals surface area contributed by atoms with Crippen LogP contribution in [0.3, 0.4) is 0 Å². The Bertz CT molecular complexity index is 609. The van der Waals surface area contributed by atoms with Crippen molar-refractivity contribution in [2.45, 2.75) is 18.8 Å². The number of alkyl halides is 2. The predicted molar refractivity (Wildman–Crippen MR) is 80.6 cm³/mol. The van der Waals surface area contributed by atoms with Gasteiger partial charge in [-0.1, -0.05) is 35.3 Å². The van der Waals surface area contributed by atoms with E-state index in [-0.39, 0.29) is 5.78 Å². The minimum absolute atomic E-state index is 0.353. The Balaban J connectivity index is 2.33. The Morgan fingerprint density at radius 2 is 1.38 bits per heavy atom. The zero-order valence-corrected chi connectivity index (χ0v) is 12.4. The molecule has 1 atom stereocenters. The molecule has 0 fully saturated rings. The lowest BCUT2D eigenvalue weighted by Gasteiger charge is -2.16. The quantitative estimate of drug-likeness (QED) is 0.651. The van der Waals surface area contributed by atoms with Gasteiger partial charge in [0.2, 0.25) is 6.43 Å². The molecule has 0 radical (unpaired) electrons. The fraction of sp³-hybridized carbons (Fsp3) is 0.188. The van der Waals surface area contributed by atoms with E-state index < -0.39 is 18.8 Å². The van der Waals surface area contributed by atoms with Crippen molar-refractivity contribution in [2.24, 2.45) is 0 Å². The van der Waals surface area contributed by atoms with Crippen molar-refractivity contribution in [3.63, 3.8) is 0 Å². The molecule has 0 saturated heterocycles. The minimum Gasteiger partial charge on any atom is -0.293 e. The summed E-state index contributed by atoms with van der Waals surface area (Å²) in [5.74, 6) is -1.25. The third kappa shape index (κ3) is 4.26. The standard InChI is InChI=1S/C16H12Cl2F2O/c17-12-5-1-10(2-6-12)14(9-15(19)20)16(21)11-3-7-13(18)8-4-11/h1-8,14-15H,9H2. The lowest BCUT2D eigenvalue weighted by atomic mass is 9.88. The third-order valence-corrected chi connectivity index (χ3v) is 3.64. The van der Waals surface area contributed by atoms with Crippen LogP contribution in [0.5, 0.6) is 0 Å². The van der Waals surface area contributed by atoms with Gasteiger partial charge in [0.25, 0.3) is 0 Å². The van der Waals surface area contributed by atoms with Crippen LogP contribution in [0.15, 0.2) is 48.5 Å². The Morgan fingerprint density at radius 1 is 0.905 bits per heavy atom. The van der Waals surface area contributed by atoms with E-state index in [2.05, 4.69) is 0 Å². The second-order valence-electron chi connectivity index (χ2n) is 4.60. The van der Waals surface area contributed by atoms with Gasteiger partial charge in [0.05, 0.1) is 5.92 Å². The number of hydrogen-bond donors (Lipinski definition) is 0. The maximum absolute atomic E-state index is 12.8. The first-order valence-electron chi connectivity index (χ1n) is 6.31. The Kier molecular flexibility index (Phi) is 5.32. The zero-order valence-electron chi connectivity index (χ0n) is 10.9. The van der Waals surface area contributed by atoms with Crippen LogP contribution >= 0.6 is 23.2 Å². The maximum atomic E-state index is 12.8. The molecule has 0 spiro atoms. The summed E-state index contributed by atoms with van der Waals surface area (Å²) in [5.41, 5.74) is 0.889. The van der Waals surface area contributed by atoms with Crippen molar-refractivity contribution in [3.8, 4) is 0 Å². The van der Waals surface area contributed by atoms with Gasteiger partial charge >= 0.3 is 0 Å². The predicted octanol–water partition coefficient (Wildman–Crippen LogP) is 5.62. The lowest BCUT2D eigenvalue weighted by Crippen LogP contribution is -2.16. The van der Waals surface area contributed by atoms with Crippen LogP contribution in [-0.2, 0) is 0 Å². The average Bonchev–Trinajstić information content (AvgIpc) is 2.46. The van der Waals surface area contributed by atoms with E-state index in [4.69, 9.17) is 23.2 Å². The molecule has 0 amide bonds. The highest BCUT2D eigenvalue weighted by atomic mass is 35.5. The average molecular weight is 329 g/mol. The number of ketones is 1. The van der Waals surface area contributed by atoms with Gasteiger partial charge in [-0.05, 0) is 42.0 Å². The summed E-state index contributed by atoms with van der Waals surface area (Å²) in [7, 11) is 0. The van der Waals surface area contributed by atoms with E-state index in [9.17, 15) is 13.6 Å². The molecule has 2 aromatic rings. The number of Topliss-reactive ketones (excluding diaryl/α,β-unsaturated/α-hetero) is 1. The molecule has 0 heterocycles. The molecule has 2 aromatic carbocycles. The van der Waals surface area contributed by atoms with Gasteiger partial charge in [0.1, 0.15) is 0 Å². The smallest absolute Gasteiger partial charge is 0.239 e. The van der Waals surface area contributed by atoms with Gasteiger partial charge in [0, 0.05) is 22.0 Å². The molecule has 2 rings (SSSR count). The highest BCUT2D eigenvalue weighted by Crippen LogP contribution is 2.28. The number of rotatable bonds is 5. The molecule has 21 heavy (non-hydrogen) atoms. The first-order valence-corrected chi connectivity index (χ1v) is 7.06. The molecule has 0 bridgehead atoms. The molecule has 5 heteroatoms. The van der Waals surface area contributed by atoms with Crippen LogP contribution in [0.1, 0.15) is 28.3 Å². The van der Waals surface area contributed by atoms with Crippen LogP contribution in [0.2, 0.25) is 10.0 Å². The first-order chi connectivity index (χ1) is 9.97. The van der Waals surface area contributed by atoms with Crippen LogP contribution in [-0.4, -0.2) is 12.2 Å². The van der Waals surface area contributed by atoms with Crippen molar-refractivity contribution >= 4 is 29.0 Å². The van der Waals surface area contributed by atoms with Crippen molar-refractivity contribution in [1.29, 1.82) is 0 Å². The number of carbonyl (C=O) groups is 1. The summed E-state index contributed by atoms with van der Waals surface area (Å²) in [6, 6.07) is 12.6. The molecule has 110 valence electrons. The summed E-state index contributed by atoms with van der Waals surface area (Å²) in [4.78, 5) is 12.5. The van der Waals surface area contributed by atoms with E-state index in [1.165, 1.54) is 0 Å². The zero-order chi connectivity index (χ0) is 15.4. The monoisotopic (exact) mass is 328 g/mol. The Hall–Kier alpha value is -1.45. The minimum atomic E-state index is -2.57. The summed E-state index contributed by atoms with van der Waals surface area (Å²) in [6.45, 7) is 0. The normalized spacial score (nSPS) is 12.4. The summed E-state index contributed by atoms with van der Waals surface area (Å²) >= 11 is 11.6. The van der Waals surface area contributed by atoms with Gasteiger partial charge in [0.15, 0.2) is 5.78 Å². The molecular formula is C16H12Cl2F2O. The Labute approximate surface area is 131 Å². The number of hydrogen-bond acceptors (Lipinski definition) is 1. The van der Waals surface area contributed by atoms with Crippen LogP contribution in [0.4, 0.5) is 8.78 Å². The molecule has 1 nitrogen and oxygen atoms in total. The number of benzene rings is 2. The van der Waals surface area contributed by atoms with E-state index >= 15 is 0 Å². The Morgan fingerprint density at radius 3 is 1.86 bits per heavy atom. The number of halogens is 4. The van der Waals surface area contributed by atoms with E-state index in [1.807, 2.05) is 0 Å². The van der Waals surface area contributed by atoms with Crippen molar-refractivity contribution < 1.29 is 13.6 Å². The molecule has 0 aliphatic carbocycles. The van der Waals surface area contributed by atoms with Crippen molar-refractivity contribution in [2.75, 3.05) is 0 Å². The fourth-order valence-corrected chi connectivity index (χ4v) is 2.34. The second kappa shape index (κ2) is 7.01. The third-order valence-electron chi connectivity index (χ3n) is 3.13. The van der Waals surface area contributed by atoms with Crippen molar-refractivity contribution in [3.05, 3.63) is 69.7 Å². The van der Waals surface area contributed by atoms with Gasteiger partial charge in [-0.3, -0.25) is 4.79 Å². The molecule has 0 aliphatic rings. The summed E-state index contributed by atoms with van der Waals surface area (Å²) < 4.78 is 25.6.